The van der Waals surface area contributed by atoms with Gasteiger partial charge in [-0.15, -0.1) is 0 Å². The van der Waals surface area contributed by atoms with E-state index in [0.29, 0.717) is 0 Å². The lowest BCUT2D eigenvalue weighted by Crippen LogP contribution is -2.58. The van der Waals surface area contributed by atoms with Crippen LogP contribution < -0.4 is 4.74 Å². The number of hydrogen-bond acceptors (Lipinski definition) is 4. The molecule has 5 heteroatoms. The van der Waals surface area contributed by atoms with Gasteiger partial charge in [-0.25, -0.2) is 5.01 Å². The lowest BCUT2D eigenvalue weighted by atomic mass is 9.91. The van der Waals surface area contributed by atoms with Gasteiger partial charge in [0, 0.05) is 48.5 Å². The average molecular weight is 368 g/mol. The molecule has 0 bridgehead atoms. The highest BCUT2D eigenvalue weighted by Crippen LogP contribution is 2.50. The molecular weight excluding hydrogens is 346 g/mol. The molecule has 1 unspecified atom stereocenters. The Labute approximate surface area is 159 Å². The van der Waals surface area contributed by atoms with Crippen LogP contribution in [0.2, 0.25) is 5.02 Å². The number of hydrogen-bond donors (Lipinski definition) is 0. The van der Waals surface area contributed by atoms with E-state index in [1.807, 2.05) is 18.2 Å². The fourth-order valence-electron chi connectivity index (χ4n) is 4.39. The molecule has 4 nitrogen and oxygen atoms in total. The Morgan fingerprint density at radius 2 is 1.81 bits per heavy atom. The van der Waals surface area contributed by atoms with E-state index in [0.717, 1.165) is 54.4 Å². The number of fused-ring (bicyclic) bond motifs is 4. The van der Waals surface area contributed by atoms with Crippen molar-refractivity contribution in [2.75, 3.05) is 20.1 Å². The normalized spacial score (nSPS) is 24.0. The van der Waals surface area contributed by atoms with Crippen molar-refractivity contribution < 1.29 is 4.74 Å². The summed E-state index contributed by atoms with van der Waals surface area (Å²) in [6, 6.07) is 16.6. The summed E-state index contributed by atoms with van der Waals surface area (Å²) < 4.78 is 6.60. The predicted molar refractivity (Wildman–Crippen MR) is 104 cm³/mol. The summed E-state index contributed by atoms with van der Waals surface area (Å²) in [6.07, 6.45) is 2.77. The van der Waals surface area contributed by atoms with Crippen LogP contribution >= 0.6 is 11.6 Å². The Bertz CT molecular complexity index is 873. The highest BCUT2D eigenvalue weighted by molar-refractivity contribution is 6.34. The molecule has 0 aromatic heterocycles. The molecule has 1 saturated heterocycles. The van der Waals surface area contributed by atoms with Crippen molar-refractivity contribution in [1.82, 2.24) is 9.91 Å². The summed E-state index contributed by atoms with van der Waals surface area (Å²) in [6.45, 7) is 2.03. The third-order valence-corrected chi connectivity index (χ3v) is 6.19. The molecule has 3 aliphatic rings. The van der Waals surface area contributed by atoms with Crippen molar-refractivity contribution >= 4 is 17.3 Å². The molecule has 134 valence electrons. The molecule has 1 spiro atoms. The molecule has 5 rings (SSSR count). The van der Waals surface area contributed by atoms with Crippen molar-refractivity contribution in [2.24, 2.45) is 5.10 Å². The fraction of sp³-hybridized carbons (Fsp3) is 0.381. The molecule has 0 saturated carbocycles. The zero-order valence-corrected chi connectivity index (χ0v) is 15.6. The lowest BCUT2D eigenvalue weighted by molar-refractivity contribution is -0.147. The first kappa shape index (κ1) is 16.2. The molecular formula is C21H22ClN3O. The number of ether oxygens (including phenoxy) is 1. The molecule has 1 atom stereocenters. The maximum absolute atomic E-state index is 6.60. The monoisotopic (exact) mass is 367 g/mol. The van der Waals surface area contributed by atoms with Crippen molar-refractivity contribution in [2.45, 2.75) is 31.0 Å². The van der Waals surface area contributed by atoms with Gasteiger partial charge < -0.3 is 9.64 Å². The summed E-state index contributed by atoms with van der Waals surface area (Å²) >= 11 is 6.46. The minimum absolute atomic E-state index is 0.217. The zero-order valence-electron chi connectivity index (χ0n) is 14.9. The zero-order chi connectivity index (χ0) is 17.7. The topological polar surface area (TPSA) is 28.1 Å². The third-order valence-electron chi connectivity index (χ3n) is 5.86. The molecule has 26 heavy (non-hydrogen) atoms. The van der Waals surface area contributed by atoms with Crippen LogP contribution in [0, 0.1) is 0 Å². The predicted octanol–water partition coefficient (Wildman–Crippen LogP) is 4.31. The van der Waals surface area contributed by atoms with Gasteiger partial charge in [-0.2, -0.15) is 5.10 Å². The SMILES string of the molecule is CN1CCC2(CC1)Oc1ccccc1C1CC(c3ccccc3Cl)=NN12. The largest absolute Gasteiger partial charge is 0.466 e. The summed E-state index contributed by atoms with van der Waals surface area (Å²) in [5.41, 5.74) is 2.96. The first-order chi connectivity index (χ1) is 12.7. The van der Waals surface area contributed by atoms with Crippen molar-refractivity contribution in [3.8, 4) is 5.75 Å². The third kappa shape index (κ3) is 2.43. The van der Waals surface area contributed by atoms with E-state index < -0.39 is 0 Å². The minimum atomic E-state index is -0.353. The Morgan fingerprint density at radius 1 is 1.08 bits per heavy atom. The number of nitrogens with zero attached hydrogens (tertiary/aromatic N) is 3. The fourth-order valence-corrected chi connectivity index (χ4v) is 4.63. The van der Waals surface area contributed by atoms with Crippen molar-refractivity contribution in [1.29, 1.82) is 0 Å². The summed E-state index contributed by atoms with van der Waals surface area (Å²) in [5.74, 6) is 1.01. The van der Waals surface area contributed by atoms with Crippen LogP contribution in [0.5, 0.6) is 5.75 Å². The van der Waals surface area contributed by atoms with Crippen LogP contribution in [0.3, 0.4) is 0 Å². The molecule has 0 amide bonds. The van der Waals surface area contributed by atoms with Gasteiger partial charge in [0.1, 0.15) is 5.75 Å². The number of rotatable bonds is 1. The van der Waals surface area contributed by atoms with Gasteiger partial charge in [0.25, 0.3) is 0 Å². The van der Waals surface area contributed by atoms with Crippen LogP contribution in [0.4, 0.5) is 0 Å². The van der Waals surface area contributed by atoms with E-state index in [-0.39, 0.29) is 11.8 Å². The summed E-state index contributed by atoms with van der Waals surface area (Å²) in [7, 11) is 2.17. The number of likely N-dealkylation sites (tertiary alicyclic amines) is 1. The molecule has 2 aromatic rings. The maximum atomic E-state index is 6.60. The summed E-state index contributed by atoms with van der Waals surface area (Å²) in [5, 5.41) is 8.06. The Hall–Kier alpha value is -2.04. The second-order valence-electron chi connectivity index (χ2n) is 7.48. The Balaban J connectivity index is 1.60. The van der Waals surface area contributed by atoms with Gasteiger partial charge in [0.05, 0.1) is 11.8 Å². The van der Waals surface area contributed by atoms with Crippen LogP contribution in [0.25, 0.3) is 0 Å². The van der Waals surface area contributed by atoms with Gasteiger partial charge >= 0.3 is 0 Å². The van der Waals surface area contributed by atoms with Crippen LogP contribution in [-0.4, -0.2) is 41.5 Å². The van der Waals surface area contributed by atoms with E-state index in [9.17, 15) is 0 Å². The van der Waals surface area contributed by atoms with E-state index in [1.54, 1.807) is 0 Å². The molecule has 3 aliphatic heterocycles. The van der Waals surface area contributed by atoms with Crippen LogP contribution in [-0.2, 0) is 0 Å². The highest BCUT2D eigenvalue weighted by atomic mass is 35.5. The van der Waals surface area contributed by atoms with E-state index in [4.69, 9.17) is 21.4 Å². The summed E-state index contributed by atoms with van der Waals surface area (Å²) in [4.78, 5) is 2.36. The van der Waals surface area contributed by atoms with E-state index >= 15 is 0 Å². The number of piperidine rings is 1. The average Bonchev–Trinajstić information content (AvgIpc) is 3.11. The number of para-hydroxylation sites is 1. The molecule has 2 aromatic carbocycles. The van der Waals surface area contributed by atoms with Crippen molar-refractivity contribution in [3.63, 3.8) is 0 Å². The van der Waals surface area contributed by atoms with Gasteiger partial charge in [-0.05, 0) is 19.2 Å². The lowest BCUT2D eigenvalue weighted by Gasteiger charge is -2.50. The van der Waals surface area contributed by atoms with Gasteiger partial charge in [0.15, 0.2) is 0 Å². The minimum Gasteiger partial charge on any atom is -0.466 e. The molecule has 0 N–H and O–H groups in total. The van der Waals surface area contributed by atoms with Gasteiger partial charge in [0.2, 0.25) is 5.72 Å². The first-order valence-electron chi connectivity index (χ1n) is 9.24. The van der Waals surface area contributed by atoms with E-state index in [1.165, 1.54) is 5.56 Å². The second-order valence-corrected chi connectivity index (χ2v) is 7.89. The Kier molecular flexibility index (Phi) is 3.73. The highest BCUT2D eigenvalue weighted by Gasteiger charge is 2.51. The Morgan fingerprint density at radius 3 is 2.62 bits per heavy atom. The maximum Gasteiger partial charge on any atom is 0.200 e. The van der Waals surface area contributed by atoms with Crippen LogP contribution in [0.15, 0.2) is 53.6 Å². The smallest absolute Gasteiger partial charge is 0.200 e. The molecule has 0 aliphatic carbocycles. The molecule has 1 fully saturated rings. The molecule has 0 radical (unpaired) electrons. The number of benzene rings is 2. The standard InChI is InChI=1S/C21H22ClN3O/c1-24-12-10-21(11-13-24)25-19(16-7-3-5-9-20(16)26-21)14-18(23-25)15-6-2-4-8-17(15)22/h2-9,19H,10-14H2,1H3. The van der Waals surface area contributed by atoms with Gasteiger partial charge in [-0.3, -0.25) is 0 Å². The van der Waals surface area contributed by atoms with E-state index in [2.05, 4.69) is 47.3 Å². The van der Waals surface area contributed by atoms with Gasteiger partial charge in [-0.1, -0.05) is 48.0 Å². The first-order valence-corrected chi connectivity index (χ1v) is 9.62. The second kappa shape index (κ2) is 6.00. The number of halogens is 1. The van der Waals surface area contributed by atoms with Crippen molar-refractivity contribution in [3.05, 3.63) is 64.7 Å². The quantitative estimate of drug-likeness (QED) is 0.752. The molecule has 3 heterocycles. The van der Waals surface area contributed by atoms with Crippen LogP contribution in [0.1, 0.15) is 36.4 Å². The number of hydrazone groups is 1.